The number of hydrogen-bond donors (Lipinski definition) is 2. The molecular weight excluding hydrogens is 219 g/mol. The predicted octanol–water partition coefficient (Wildman–Crippen LogP) is 2.84. The summed E-state index contributed by atoms with van der Waals surface area (Å²) in [5.41, 5.74) is -0.374. The first-order valence-corrected chi connectivity index (χ1v) is 5.12. The first kappa shape index (κ1) is 11.3. The van der Waals surface area contributed by atoms with E-state index in [9.17, 15) is 18.3 Å². The molecule has 0 saturated carbocycles. The van der Waals surface area contributed by atoms with Gasteiger partial charge in [0.2, 0.25) is 0 Å². The standard InChI is InChI=1S/C11H12F3NO/c12-11(13,14)7-3-4-10(16)8(6-7)9-2-1-5-15-9/h3-4,6,9,15-16H,1-2,5H2/t9-/m0/s1. The molecule has 88 valence electrons. The van der Waals surface area contributed by atoms with Crippen molar-refractivity contribution in [3.63, 3.8) is 0 Å². The number of hydrogen-bond acceptors (Lipinski definition) is 2. The van der Waals surface area contributed by atoms with E-state index in [1.54, 1.807) is 0 Å². The van der Waals surface area contributed by atoms with Gasteiger partial charge in [0.1, 0.15) is 5.75 Å². The van der Waals surface area contributed by atoms with E-state index in [0.717, 1.165) is 37.6 Å². The maximum absolute atomic E-state index is 12.5. The largest absolute Gasteiger partial charge is 0.508 e. The number of phenols is 1. The Morgan fingerprint density at radius 2 is 2.06 bits per heavy atom. The summed E-state index contributed by atoms with van der Waals surface area (Å²) in [7, 11) is 0. The van der Waals surface area contributed by atoms with E-state index in [2.05, 4.69) is 5.32 Å². The van der Waals surface area contributed by atoms with E-state index in [0.29, 0.717) is 5.56 Å². The van der Waals surface area contributed by atoms with Gasteiger partial charge in [0, 0.05) is 11.6 Å². The summed E-state index contributed by atoms with van der Waals surface area (Å²) in [6, 6.07) is 2.87. The summed E-state index contributed by atoms with van der Waals surface area (Å²) in [6.07, 6.45) is -2.68. The van der Waals surface area contributed by atoms with Crippen molar-refractivity contribution in [2.24, 2.45) is 0 Å². The average molecular weight is 231 g/mol. The third kappa shape index (κ3) is 2.14. The van der Waals surface area contributed by atoms with Gasteiger partial charge in [-0.3, -0.25) is 0 Å². The molecule has 1 heterocycles. The van der Waals surface area contributed by atoms with Crippen molar-refractivity contribution < 1.29 is 18.3 Å². The molecule has 0 aliphatic carbocycles. The van der Waals surface area contributed by atoms with Gasteiger partial charge in [0.15, 0.2) is 0 Å². The van der Waals surface area contributed by atoms with Crippen molar-refractivity contribution in [1.82, 2.24) is 5.32 Å². The second-order valence-corrected chi connectivity index (χ2v) is 3.92. The molecule has 0 bridgehead atoms. The van der Waals surface area contributed by atoms with Crippen LogP contribution in [-0.2, 0) is 6.18 Å². The van der Waals surface area contributed by atoms with E-state index in [1.807, 2.05) is 0 Å². The Balaban J connectivity index is 2.36. The first-order valence-electron chi connectivity index (χ1n) is 5.12. The summed E-state index contributed by atoms with van der Waals surface area (Å²) in [4.78, 5) is 0. The lowest BCUT2D eigenvalue weighted by Crippen LogP contribution is -2.14. The van der Waals surface area contributed by atoms with Crippen LogP contribution in [0.5, 0.6) is 5.75 Å². The maximum Gasteiger partial charge on any atom is 0.416 e. The van der Waals surface area contributed by atoms with Gasteiger partial charge in [0.25, 0.3) is 0 Å². The highest BCUT2D eigenvalue weighted by molar-refractivity contribution is 5.39. The van der Waals surface area contributed by atoms with Crippen molar-refractivity contribution in [3.05, 3.63) is 29.3 Å². The van der Waals surface area contributed by atoms with E-state index in [1.165, 1.54) is 0 Å². The minimum atomic E-state index is -4.36. The van der Waals surface area contributed by atoms with Gasteiger partial charge >= 0.3 is 6.18 Å². The molecule has 2 rings (SSSR count). The van der Waals surface area contributed by atoms with E-state index in [-0.39, 0.29) is 11.8 Å². The van der Waals surface area contributed by atoms with Crippen LogP contribution >= 0.6 is 0 Å². The number of aromatic hydroxyl groups is 1. The number of phenolic OH excluding ortho intramolecular Hbond substituents is 1. The second-order valence-electron chi connectivity index (χ2n) is 3.92. The Bertz CT molecular complexity index is 383. The molecule has 1 atom stereocenters. The summed E-state index contributed by atoms with van der Waals surface area (Å²) in [6.45, 7) is 0.778. The minimum Gasteiger partial charge on any atom is -0.508 e. The van der Waals surface area contributed by atoms with Crippen molar-refractivity contribution in [3.8, 4) is 5.75 Å². The lowest BCUT2D eigenvalue weighted by molar-refractivity contribution is -0.137. The van der Waals surface area contributed by atoms with Crippen molar-refractivity contribution in [1.29, 1.82) is 0 Å². The highest BCUT2D eigenvalue weighted by Crippen LogP contribution is 2.36. The zero-order valence-corrected chi connectivity index (χ0v) is 8.51. The van der Waals surface area contributed by atoms with Gasteiger partial charge in [-0.2, -0.15) is 13.2 Å². The maximum atomic E-state index is 12.5. The molecule has 0 radical (unpaired) electrons. The lowest BCUT2D eigenvalue weighted by atomic mass is 10.0. The fourth-order valence-electron chi connectivity index (χ4n) is 1.96. The van der Waals surface area contributed by atoms with Crippen LogP contribution in [0.15, 0.2) is 18.2 Å². The van der Waals surface area contributed by atoms with Crippen molar-refractivity contribution in [2.75, 3.05) is 6.54 Å². The first-order chi connectivity index (χ1) is 7.48. The molecule has 1 aliphatic rings. The normalized spacial score (nSPS) is 21.3. The Morgan fingerprint density at radius 1 is 1.31 bits per heavy atom. The molecule has 1 aromatic rings. The molecule has 1 aliphatic heterocycles. The number of benzene rings is 1. The van der Waals surface area contributed by atoms with Crippen LogP contribution in [0.3, 0.4) is 0 Å². The number of halogens is 3. The number of nitrogens with one attached hydrogen (secondary N) is 1. The zero-order chi connectivity index (χ0) is 11.8. The number of alkyl halides is 3. The third-order valence-electron chi connectivity index (χ3n) is 2.79. The summed E-state index contributed by atoms with van der Waals surface area (Å²) < 4.78 is 37.5. The van der Waals surface area contributed by atoms with Crippen LogP contribution < -0.4 is 5.32 Å². The summed E-state index contributed by atoms with van der Waals surface area (Å²) in [5.74, 6) is -0.0765. The van der Waals surface area contributed by atoms with Gasteiger partial charge in [-0.25, -0.2) is 0 Å². The second kappa shape index (κ2) is 3.97. The molecule has 0 unspecified atom stereocenters. The van der Waals surface area contributed by atoms with Gasteiger partial charge < -0.3 is 10.4 Å². The molecule has 1 saturated heterocycles. The summed E-state index contributed by atoms with van der Waals surface area (Å²) in [5, 5.41) is 12.6. The van der Waals surface area contributed by atoms with Crippen LogP contribution in [0, 0.1) is 0 Å². The molecule has 16 heavy (non-hydrogen) atoms. The third-order valence-corrected chi connectivity index (χ3v) is 2.79. The lowest BCUT2D eigenvalue weighted by Gasteiger charge is -2.15. The Labute approximate surface area is 91.1 Å². The quantitative estimate of drug-likeness (QED) is 0.779. The molecule has 0 spiro atoms. The van der Waals surface area contributed by atoms with Crippen LogP contribution in [0.2, 0.25) is 0 Å². The Hall–Kier alpha value is -1.23. The van der Waals surface area contributed by atoms with Gasteiger partial charge in [-0.05, 0) is 37.6 Å². The Morgan fingerprint density at radius 3 is 2.62 bits per heavy atom. The van der Waals surface area contributed by atoms with Gasteiger partial charge in [-0.1, -0.05) is 0 Å². The molecule has 0 amide bonds. The molecule has 1 fully saturated rings. The number of rotatable bonds is 1. The predicted molar refractivity (Wildman–Crippen MR) is 53.1 cm³/mol. The Kier molecular flexibility index (Phi) is 2.80. The summed E-state index contributed by atoms with van der Waals surface area (Å²) >= 11 is 0. The molecular formula is C11H12F3NO. The monoisotopic (exact) mass is 231 g/mol. The average Bonchev–Trinajstić information content (AvgIpc) is 2.69. The van der Waals surface area contributed by atoms with Crippen LogP contribution in [0.1, 0.15) is 30.0 Å². The SMILES string of the molecule is Oc1ccc(C(F)(F)F)cc1[C@@H]1CCCN1. The van der Waals surface area contributed by atoms with Crippen molar-refractivity contribution >= 4 is 0 Å². The molecule has 2 nitrogen and oxygen atoms in total. The van der Waals surface area contributed by atoms with E-state index in [4.69, 9.17) is 0 Å². The fraction of sp³-hybridized carbons (Fsp3) is 0.455. The molecule has 1 aromatic carbocycles. The molecule has 2 N–H and O–H groups in total. The highest BCUT2D eigenvalue weighted by Gasteiger charge is 2.32. The van der Waals surface area contributed by atoms with E-state index >= 15 is 0 Å². The van der Waals surface area contributed by atoms with E-state index < -0.39 is 11.7 Å². The molecule has 0 aromatic heterocycles. The van der Waals surface area contributed by atoms with Crippen LogP contribution in [0.25, 0.3) is 0 Å². The fourth-order valence-corrected chi connectivity index (χ4v) is 1.96. The topological polar surface area (TPSA) is 32.3 Å². The van der Waals surface area contributed by atoms with Crippen LogP contribution in [0.4, 0.5) is 13.2 Å². The molecule has 5 heteroatoms. The van der Waals surface area contributed by atoms with Gasteiger partial charge in [-0.15, -0.1) is 0 Å². The van der Waals surface area contributed by atoms with Crippen molar-refractivity contribution in [2.45, 2.75) is 25.1 Å². The van der Waals surface area contributed by atoms with Gasteiger partial charge in [0.05, 0.1) is 5.56 Å². The van der Waals surface area contributed by atoms with Crippen LogP contribution in [-0.4, -0.2) is 11.7 Å². The minimum absolute atomic E-state index is 0.0765. The highest BCUT2D eigenvalue weighted by atomic mass is 19.4. The smallest absolute Gasteiger partial charge is 0.416 e. The zero-order valence-electron chi connectivity index (χ0n) is 8.51.